The van der Waals surface area contributed by atoms with E-state index < -0.39 is 0 Å². The van der Waals surface area contributed by atoms with Gasteiger partial charge in [-0.2, -0.15) is 0 Å². The molecule has 4 heteroatoms. The third-order valence-electron chi connectivity index (χ3n) is 3.59. The van der Waals surface area contributed by atoms with Crippen molar-refractivity contribution in [2.45, 2.75) is 26.8 Å². The number of piperazine rings is 1. The lowest BCUT2D eigenvalue weighted by Gasteiger charge is -2.42. The van der Waals surface area contributed by atoms with Crippen LogP contribution < -0.4 is 5.32 Å². The van der Waals surface area contributed by atoms with Crippen molar-refractivity contribution in [1.82, 2.24) is 10.2 Å². The van der Waals surface area contributed by atoms with Crippen LogP contribution in [0.25, 0.3) is 0 Å². The van der Waals surface area contributed by atoms with Crippen LogP contribution in [0.4, 0.5) is 4.39 Å². The van der Waals surface area contributed by atoms with Gasteiger partial charge in [-0.25, -0.2) is 4.39 Å². The molecule has 1 aromatic rings. The van der Waals surface area contributed by atoms with E-state index in [9.17, 15) is 4.39 Å². The van der Waals surface area contributed by atoms with Gasteiger partial charge in [0.25, 0.3) is 0 Å². The van der Waals surface area contributed by atoms with Gasteiger partial charge in [0.1, 0.15) is 5.82 Å². The average Bonchev–Trinajstić information content (AvgIpc) is 2.32. The molecule has 1 aromatic carbocycles. The maximum absolute atomic E-state index is 14.3. The predicted molar refractivity (Wildman–Crippen MR) is 80.7 cm³/mol. The third kappa shape index (κ3) is 3.56. The first-order valence-corrected chi connectivity index (χ1v) is 7.58. The number of nitrogens with zero attached hydrogens (tertiary/aromatic N) is 1. The van der Waals surface area contributed by atoms with Gasteiger partial charge in [0.15, 0.2) is 0 Å². The Morgan fingerprint density at radius 3 is 2.42 bits per heavy atom. The maximum atomic E-state index is 14.3. The zero-order valence-corrected chi connectivity index (χ0v) is 13.4. The normalized spacial score (nSPS) is 19.4. The Kier molecular flexibility index (Phi) is 4.64. The van der Waals surface area contributed by atoms with E-state index in [4.69, 9.17) is 0 Å². The summed E-state index contributed by atoms with van der Waals surface area (Å²) in [5.41, 5.74) is 0.809. The van der Waals surface area contributed by atoms with E-state index in [2.05, 4.69) is 46.9 Å². The first-order valence-electron chi connectivity index (χ1n) is 6.79. The lowest BCUT2D eigenvalue weighted by Crippen LogP contribution is -2.48. The number of benzene rings is 1. The summed E-state index contributed by atoms with van der Waals surface area (Å²) in [5.74, 6) is -0.118. The second-order valence-corrected chi connectivity index (χ2v) is 7.14. The fraction of sp³-hybridized carbons (Fsp3) is 0.600. The average molecular weight is 329 g/mol. The van der Waals surface area contributed by atoms with Gasteiger partial charge < -0.3 is 5.32 Å². The van der Waals surface area contributed by atoms with Crippen molar-refractivity contribution < 1.29 is 4.39 Å². The molecule has 0 aliphatic carbocycles. The molecule has 2 rings (SSSR count). The fourth-order valence-electron chi connectivity index (χ4n) is 2.87. The van der Waals surface area contributed by atoms with Gasteiger partial charge >= 0.3 is 0 Å². The summed E-state index contributed by atoms with van der Waals surface area (Å²) in [6.45, 7) is 10.4. The zero-order valence-electron chi connectivity index (χ0n) is 11.8. The predicted octanol–water partition coefficient (Wildman–Crippen LogP) is 3.58. The van der Waals surface area contributed by atoms with E-state index in [1.54, 1.807) is 6.07 Å². The van der Waals surface area contributed by atoms with Gasteiger partial charge in [-0.1, -0.05) is 42.8 Å². The summed E-state index contributed by atoms with van der Waals surface area (Å²) in [4.78, 5) is 2.39. The van der Waals surface area contributed by atoms with Gasteiger partial charge in [-0.3, -0.25) is 4.90 Å². The first kappa shape index (κ1) is 14.9. The highest BCUT2D eigenvalue weighted by molar-refractivity contribution is 9.10. The lowest BCUT2D eigenvalue weighted by molar-refractivity contribution is 0.0834. The molecule has 1 saturated heterocycles. The molecule has 2 nitrogen and oxygen atoms in total. The highest BCUT2D eigenvalue weighted by Crippen LogP contribution is 2.39. The molecule has 1 aliphatic heterocycles. The number of halogens is 2. The number of hydrogen-bond donors (Lipinski definition) is 1. The van der Waals surface area contributed by atoms with Gasteiger partial charge in [0, 0.05) is 42.3 Å². The van der Waals surface area contributed by atoms with Crippen LogP contribution in [0, 0.1) is 11.2 Å². The van der Waals surface area contributed by atoms with E-state index in [0.29, 0.717) is 0 Å². The molecule has 1 heterocycles. The monoisotopic (exact) mass is 328 g/mol. The topological polar surface area (TPSA) is 15.3 Å². The number of rotatable bonds is 2. The minimum Gasteiger partial charge on any atom is -0.314 e. The van der Waals surface area contributed by atoms with E-state index in [0.717, 1.165) is 36.2 Å². The van der Waals surface area contributed by atoms with Crippen molar-refractivity contribution in [2.75, 3.05) is 26.2 Å². The fourth-order valence-corrected chi connectivity index (χ4v) is 3.21. The van der Waals surface area contributed by atoms with E-state index >= 15 is 0 Å². The Labute approximate surface area is 123 Å². The molecule has 1 fully saturated rings. The summed E-state index contributed by atoms with van der Waals surface area (Å²) in [7, 11) is 0. The van der Waals surface area contributed by atoms with Crippen LogP contribution in [-0.4, -0.2) is 31.1 Å². The molecular weight excluding hydrogens is 307 g/mol. The summed E-state index contributed by atoms with van der Waals surface area (Å²) in [6.07, 6.45) is 0. The second-order valence-electron chi connectivity index (χ2n) is 6.22. The van der Waals surface area contributed by atoms with E-state index in [1.165, 1.54) is 0 Å². The van der Waals surface area contributed by atoms with Crippen LogP contribution in [-0.2, 0) is 0 Å². The van der Waals surface area contributed by atoms with Gasteiger partial charge in [-0.15, -0.1) is 0 Å². The molecule has 1 N–H and O–H groups in total. The largest absolute Gasteiger partial charge is 0.314 e. The minimum absolute atomic E-state index is 0.00596. The molecule has 1 aliphatic rings. The van der Waals surface area contributed by atoms with Crippen LogP contribution in [0.5, 0.6) is 0 Å². The Morgan fingerprint density at radius 2 is 1.89 bits per heavy atom. The van der Waals surface area contributed by atoms with Crippen molar-refractivity contribution in [3.8, 4) is 0 Å². The van der Waals surface area contributed by atoms with Crippen molar-refractivity contribution in [1.29, 1.82) is 0 Å². The van der Waals surface area contributed by atoms with Crippen molar-refractivity contribution >= 4 is 15.9 Å². The van der Waals surface area contributed by atoms with Crippen LogP contribution in [0.2, 0.25) is 0 Å². The molecule has 0 saturated carbocycles. The summed E-state index contributed by atoms with van der Waals surface area (Å²) in [6, 6.07) is 5.52. The summed E-state index contributed by atoms with van der Waals surface area (Å²) >= 11 is 3.33. The third-order valence-corrected chi connectivity index (χ3v) is 4.09. The number of nitrogens with one attached hydrogen (secondary N) is 1. The molecule has 0 aromatic heterocycles. The quantitative estimate of drug-likeness (QED) is 0.892. The van der Waals surface area contributed by atoms with Crippen molar-refractivity contribution in [3.63, 3.8) is 0 Å². The molecule has 19 heavy (non-hydrogen) atoms. The molecule has 1 atom stereocenters. The molecule has 0 spiro atoms. The van der Waals surface area contributed by atoms with Crippen LogP contribution in [0.15, 0.2) is 22.7 Å². The van der Waals surface area contributed by atoms with Crippen LogP contribution in [0.3, 0.4) is 0 Å². The molecule has 0 amide bonds. The standard InChI is InChI=1S/C15H22BrFN2/c1-15(2,3)14(19-8-6-18-7-9-19)12-5-4-11(16)10-13(12)17/h4-5,10,14,18H,6-9H2,1-3H3/t14-/m0/s1. The van der Waals surface area contributed by atoms with E-state index in [-0.39, 0.29) is 17.3 Å². The first-order chi connectivity index (χ1) is 8.89. The highest BCUT2D eigenvalue weighted by Gasteiger charge is 2.34. The Morgan fingerprint density at radius 1 is 1.26 bits per heavy atom. The minimum atomic E-state index is -0.118. The SMILES string of the molecule is CC(C)(C)[C@H](c1ccc(Br)cc1F)N1CCNCC1. The van der Waals surface area contributed by atoms with Gasteiger partial charge in [0.2, 0.25) is 0 Å². The van der Waals surface area contributed by atoms with Crippen molar-refractivity contribution in [2.24, 2.45) is 5.41 Å². The Hall–Kier alpha value is -0.450. The molecular formula is C15H22BrFN2. The molecule has 0 unspecified atom stereocenters. The summed E-state index contributed by atoms with van der Waals surface area (Å²) < 4.78 is 15.1. The summed E-state index contributed by atoms with van der Waals surface area (Å²) in [5, 5.41) is 3.35. The molecule has 106 valence electrons. The van der Waals surface area contributed by atoms with Gasteiger partial charge in [0.05, 0.1) is 0 Å². The van der Waals surface area contributed by atoms with E-state index in [1.807, 2.05) is 12.1 Å². The van der Waals surface area contributed by atoms with Gasteiger partial charge in [-0.05, 0) is 17.5 Å². The highest BCUT2D eigenvalue weighted by atomic mass is 79.9. The Bertz CT molecular complexity index is 436. The zero-order chi connectivity index (χ0) is 14.0. The molecule has 0 radical (unpaired) electrons. The number of hydrogen-bond acceptors (Lipinski definition) is 2. The Balaban J connectivity index is 2.36. The smallest absolute Gasteiger partial charge is 0.129 e. The van der Waals surface area contributed by atoms with Crippen molar-refractivity contribution in [3.05, 3.63) is 34.1 Å². The van der Waals surface area contributed by atoms with Crippen LogP contribution in [0.1, 0.15) is 32.4 Å². The lowest BCUT2D eigenvalue weighted by atomic mass is 9.80. The van der Waals surface area contributed by atoms with Crippen LogP contribution >= 0.6 is 15.9 Å². The maximum Gasteiger partial charge on any atom is 0.129 e. The second kappa shape index (κ2) is 5.90. The molecule has 0 bridgehead atoms.